The molecular formula is C17H17FN2O6S. The van der Waals surface area contributed by atoms with Crippen molar-refractivity contribution in [2.45, 2.75) is 25.8 Å². The van der Waals surface area contributed by atoms with Gasteiger partial charge in [-0.05, 0) is 43.2 Å². The van der Waals surface area contributed by atoms with Crippen molar-refractivity contribution < 1.29 is 32.6 Å². The molecule has 0 saturated carbocycles. The normalized spacial score (nSPS) is 17.4. The Balaban J connectivity index is 2.24. The molecule has 1 aromatic carbocycles. The van der Waals surface area contributed by atoms with Crippen LogP contribution in [0.3, 0.4) is 0 Å². The van der Waals surface area contributed by atoms with Gasteiger partial charge in [-0.3, -0.25) is 4.79 Å². The molecule has 1 atom stereocenters. The third kappa shape index (κ3) is 2.95. The number of rotatable bonds is 5. The molecule has 0 amide bonds. The molecule has 8 nitrogen and oxygen atoms in total. The van der Waals surface area contributed by atoms with E-state index in [0.29, 0.717) is 0 Å². The Kier molecular flexibility index (Phi) is 4.46. The maximum absolute atomic E-state index is 13.7. The van der Waals surface area contributed by atoms with Gasteiger partial charge in [0.25, 0.3) is 10.0 Å². The van der Waals surface area contributed by atoms with Crippen molar-refractivity contribution in [1.29, 1.82) is 0 Å². The zero-order valence-electron chi connectivity index (χ0n) is 14.5. The summed E-state index contributed by atoms with van der Waals surface area (Å²) < 4.78 is 41.2. The highest BCUT2D eigenvalue weighted by molar-refractivity contribution is 7.93. The summed E-state index contributed by atoms with van der Waals surface area (Å²) in [6.45, 7) is 1.44. The van der Waals surface area contributed by atoms with Gasteiger partial charge in [0.1, 0.15) is 16.9 Å². The quantitative estimate of drug-likeness (QED) is 0.787. The van der Waals surface area contributed by atoms with E-state index in [1.165, 1.54) is 26.1 Å². The molecule has 144 valence electrons. The third-order valence-electron chi connectivity index (χ3n) is 4.69. The minimum absolute atomic E-state index is 0.0231. The lowest BCUT2D eigenvalue weighted by Gasteiger charge is -2.23. The molecule has 3 rings (SSSR count). The van der Waals surface area contributed by atoms with Crippen molar-refractivity contribution in [2.24, 2.45) is 0 Å². The lowest BCUT2D eigenvalue weighted by molar-refractivity contribution is -0.141. The second-order valence-electron chi connectivity index (χ2n) is 6.31. The third-order valence-corrected chi connectivity index (χ3v) is 6.63. The Hall–Kier alpha value is -2.88. The Morgan fingerprint density at radius 1 is 1.30 bits per heavy atom. The smallest absolute Gasteiger partial charge is 0.326 e. The van der Waals surface area contributed by atoms with Crippen LogP contribution in [0.1, 0.15) is 17.7 Å². The lowest BCUT2D eigenvalue weighted by atomic mass is 10.1. The minimum Gasteiger partial charge on any atom is -0.481 e. The number of aromatic nitrogens is 1. The van der Waals surface area contributed by atoms with Gasteiger partial charge in [-0.25, -0.2) is 13.2 Å². The van der Waals surface area contributed by atoms with Crippen molar-refractivity contribution in [3.63, 3.8) is 0 Å². The zero-order valence-corrected chi connectivity index (χ0v) is 15.3. The number of halogens is 1. The number of nitrogens with zero attached hydrogens (tertiary/aromatic N) is 2. The lowest BCUT2D eigenvalue weighted by Crippen LogP contribution is -2.36. The molecule has 0 radical (unpaired) electrons. The summed E-state index contributed by atoms with van der Waals surface area (Å²) in [6.07, 6.45) is 0.871. The van der Waals surface area contributed by atoms with Gasteiger partial charge in [-0.2, -0.15) is 8.42 Å². The van der Waals surface area contributed by atoms with E-state index in [9.17, 15) is 27.5 Å². The maximum Gasteiger partial charge on any atom is 0.326 e. The number of benzene rings is 1. The van der Waals surface area contributed by atoms with Gasteiger partial charge in [0.2, 0.25) is 0 Å². The number of likely N-dealkylation sites (N-methyl/N-ethyl adjacent to an activating group) is 1. The Morgan fingerprint density at radius 2 is 1.96 bits per heavy atom. The summed E-state index contributed by atoms with van der Waals surface area (Å²) in [4.78, 5) is 23.6. The summed E-state index contributed by atoms with van der Waals surface area (Å²) in [5, 5.41) is 18.4. The standard InChI is InChI=1S/C17H17FN2O6S/c1-9-11(8-16(21)22)12-7-10(18)3-4-13(12)20(9)27(25,26)15-6-5-14(17(23)24)19(15)2/h3-4,6-7,14H,5,8H2,1-2H3,(H,21,22)(H,23,24). The highest BCUT2D eigenvalue weighted by Crippen LogP contribution is 2.33. The van der Waals surface area contributed by atoms with Gasteiger partial charge in [0.15, 0.2) is 0 Å². The number of carbonyl (C=O) groups is 2. The first-order valence-electron chi connectivity index (χ1n) is 7.98. The molecular weight excluding hydrogens is 379 g/mol. The maximum atomic E-state index is 13.7. The summed E-state index contributed by atoms with van der Waals surface area (Å²) in [7, 11) is -2.85. The van der Waals surface area contributed by atoms with Crippen LogP contribution in [0.15, 0.2) is 29.3 Å². The molecule has 2 aromatic rings. The molecule has 0 bridgehead atoms. The molecule has 2 heterocycles. The monoisotopic (exact) mass is 396 g/mol. The molecule has 27 heavy (non-hydrogen) atoms. The van der Waals surface area contributed by atoms with E-state index in [4.69, 9.17) is 5.11 Å². The van der Waals surface area contributed by atoms with Crippen molar-refractivity contribution in [3.8, 4) is 0 Å². The minimum atomic E-state index is -4.21. The van der Waals surface area contributed by atoms with E-state index in [0.717, 1.165) is 21.0 Å². The summed E-state index contributed by atoms with van der Waals surface area (Å²) in [5.41, 5.74) is 0.473. The number of carboxylic acids is 2. The van der Waals surface area contributed by atoms with E-state index in [-0.39, 0.29) is 33.6 Å². The van der Waals surface area contributed by atoms with Crippen LogP contribution in [-0.2, 0) is 26.0 Å². The van der Waals surface area contributed by atoms with Crippen molar-refractivity contribution in [2.75, 3.05) is 7.05 Å². The predicted octanol–water partition coefficient (Wildman–Crippen LogP) is 1.52. The molecule has 1 unspecified atom stereocenters. The number of carboxylic acid groups (broad SMARTS) is 2. The molecule has 1 aliphatic rings. The number of hydrogen-bond donors (Lipinski definition) is 2. The van der Waals surface area contributed by atoms with Crippen LogP contribution in [-0.4, -0.2) is 52.5 Å². The first-order valence-corrected chi connectivity index (χ1v) is 9.42. The fraction of sp³-hybridized carbons (Fsp3) is 0.294. The molecule has 0 aliphatic carbocycles. The van der Waals surface area contributed by atoms with E-state index in [1.54, 1.807) is 0 Å². The van der Waals surface area contributed by atoms with Crippen LogP contribution in [0.4, 0.5) is 4.39 Å². The highest BCUT2D eigenvalue weighted by Gasteiger charge is 2.37. The Bertz CT molecular complexity index is 1100. The first kappa shape index (κ1) is 18.9. The van der Waals surface area contributed by atoms with Gasteiger partial charge in [-0.1, -0.05) is 0 Å². The molecule has 0 fully saturated rings. The summed E-state index contributed by atoms with van der Waals surface area (Å²) in [6, 6.07) is 2.45. The van der Waals surface area contributed by atoms with Crippen LogP contribution < -0.4 is 0 Å². The van der Waals surface area contributed by atoms with Crippen molar-refractivity contribution in [1.82, 2.24) is 8.87 Å². The second kappa shape index (κ2) is 6.38. The van der Waals surface area contributed by atoms with Crippen molar-refractivity contribution >= 4 is 32.9 Å². The van der Waals surface area contributed by atoms with Crippen molar-refractivity contribution in [3.05, 3.63) is 46.4 Å². The number of fused-ring (bicyclic) bond motifs is 1. The summed E-state index contributed by atoms with van der Waals surface area (Å²) >= 11 is 0. The van der Waals surface area contributed by atoms with E-state index in [1.807, 2.05) is 0 Å². The zero-order chi connectivity index (χ0) is 20.1. The van der Waals surface area contributed by atoms with Gasteiger partial charge in [0.05, 0.1) is 11.9 Å². The van der Waals surface area contributed by atoms with E-state index >= 15 is 0 Å². The SMILES string of the molecule is Cc1c(CC(=O)O)c2cc(F)ccc2n1S(=O)(=O)C1=CCC(C(=O)O)N1C. The largest absolute Gasteiger partial charge is 0.481 e. The fourth-order valence-corrected chi connectivity index (χ4v) is 5.30. The average molecular weight is 396 g/mol. The number of hydrogen-bond acceptors (Lipinski definition) is 5. The van der Waals surface area contributed by atoms with Crippen LogP contribution in [0, 0.1) is 12.7 Å². The average Bonchev–Trinajstić information content (AvgIpc) is 3.07. The molecule has 10 heteroatoms. The predicted molar refractivity (Wildman–Crippen MR) is 94.2 cm³/mol. The highest BCUT2D eigenvalue weighted by atomic mass is 32.2. The van der Waals surface area contributed by atoms with Crippen LogP contribution in [0.2, 0.25) is 0 Å². The van der Waals surface area contributed by atoms with Gasteiger partial charge >= 0.3 is 11.9 Å². The molecule has 1 aliphatic heterocycles. The van der Waals surface area contributed by atoms with Gasteiger partial charge < -0.3 is 15.1 Å². The first-order chi connectivity index (χ1) is 12.6. The van der Waals surface area contributed by atoms with Gasteiger partial charge in [-0.15, -0.1) is 0 Å². The summed E-state index contributed by atoms with van der Waals surface area (Å²) in [5.74, 6) is -2.95. The molecule has 2 N–H and O–H groups in total. The second-order valence-corrected chi connectivity index (χ2v) is 8.04. The van der Waals surface area contributed by atoms with E-state index in [2.05, 4.69) is 0 Å². The fourth-order valence-electron chi connectivity index (χ4n) is 3.42. The Labute approximate surface area is 154 Å². The van der Waals surface area contributed by atoms with E-state index < -0.39 is 40.2 Å². The van der Waals surface area contributed by atoms with Crippen LogP contribution >= 0.6 is 0 Å². The topological polar surface area (TPSA) is 117 Å². The molecule has 1 aromatic heterocycles. The molecule has 0 spiro atoms. The molecule has 0 saturated heterocycles. The van der Waals surface area contributed by atoms with Crippen LogP contribution in [0.5, 0.6) is 0 Å². The van der Waals surface area contributed by atoms with Gasteiger partial charge in [0, 0.05) is 18.1 Å². The Morgan fingerprint density at radius 3 is 2.52 bits per heavy atom. The number of aliphatic carboxylic acids is 2. The van der Waals surface area contributed by atoms with Crippen LogP contribution in [0.25, 0.3) is 10.9 Å².